The molecule has 0 radical (unpaired) electrons. The summed E-state index contributed by atoms with van der Waals surface area (Å²) < 4.78 is 61.1. The van der Waals surface area contributed by atoms with Crippen LogP contribution >= 0.6 is 0 Å². The molecule has 0 amide bonds. The van der Waals surface area contributed by atoms with Crippen molar-refractivity contribution < 1.29 is 22.3 Å². The Morgan fingerprint density at radius 2 is 1.61 bits per heavy atom. The highest BCUT2D eigenvalue weighted by molar-refractivity contribution is 6.05. The quantitative estimate of drug-likeness (QED) is 0.240. The average molecular weight is 519 g/mol. The van der Waals surface area contributed by atoms with Gasteiger partial charge < -0.3 is 4.74 Å². The van der Waals surface area contributed by atoms with Crippen molar-refractivity contribution in [3.8, 4) is 5.75 Å². The van der Waals surface area contributed by atoms with Crippen LogP contribution in [-0.2, 0) is 12.8 Å². The number of nitrogens with zero attached hydrogens (tertiary/aromatic N) is 2. The van der Waals surface area contributed by atoms with E-state index in [9.17, 15) is 17.6 Å². The van der Waals surface area contributed by atoms with Gasteiger partial charge in [-0.2, -0.15) is 18.3 Å². The third-order valence-electron chi connectivity index (χ3n) is 6.47. The van der Waals surface area contributed by atoms with E-state index in [1.165, 1.54) is 18.2 Å². The lowest BCUT2D eigenvalue weighted by Gasteiger charge is -2.25. The van der Waals surface area contributed by atoms with E-state index in [0.29, 0.717) is 22.6 Å². The molecule has 1 aliphatic rings. The molecule has 7 heteroatoms. The van der Waals surface area contributed by atoms with Crippen LogP contribution in [0.2, 0.25) is 0 Å². The van der Waals surface area contributed by atoms with Crippen LogP contribution in [-0.4, -0.2) is 5.71 Å². The summed E-state index contributed by atoms with van der Waals surface area (Å²) in [6.45, 7) is 4.20. The van der Waals surface area contributed by atoms with Crippen molar-refractivity contribution in [3.05, 3.63) is 130 Å². The van der Waals surface area contributed by atoms with Gasteiger partial charge in [-0.1, -0.05) is 48.5 Å². The molecule has 0 saturated heterocycles. The van der Waals surface area contributed by atoms with Crippen LogP contribution in [0.15, 0.2) is 96.1 Å². The Morgan fingerprint density at radius 3 is 2.32 bits per heavy atom. The first kappa shape index (κ1) is 25.5. The Morgan fingerprint density at radius 1 is 0.868 bits per heavy atom. The van der Waals surface area contributed by atoms with Crippen LogP contribution in [0.4, 0.5) is 23.2 Å². The number of alkyl halides is 3. The van der Waals surface area contributed by atoms with Crippen molar-refractivity contribution in [1.82, 2.24) is 0 Å². The topological polar surface area (TPSA) is 24.8 Å². The average Bonchev–Trinajstić information content (AvgIpc) is 3.33. The zero-order valence-electron chi connectivity index (χ0n) is 21.0. The predicted octanol–water partition coefficient (Wildman–Crippen LogP) is 8.40. The summed E-state index contributed by atoms with van der Waals surface area (Å²) >= 11 is 0. The maximum absolute atomic E-state index is 14.4. The summed E-state index contributed by atoms with van der Waals surface area (Å²) in [6.07, 6.45) is -4.19. The van der Waals surface area contributed by atoms with Crippen LogP contribution in [0, 0.1) is 19.7 Å². The van der Waals surface area contributed by atoms with E-state index >= 15 is 0 Å². The molecular weight excluding hydrogens is 492 g/mol. The molecular formula is C31H26F4N2O. The highest BCUT2D eigenvalue weighted by Crippen LogP contribution is 2.40. The summed E-state index contributed by atoms with van der Waals surface area (Å²) in [5.74, 6) is 0.00861. The maximum atomic E-state index is 14.4. The van der Waals surface area contributed by atoms with E-state index in [1.54, 1.807) is 17.1 Å². The van der Waals surface area contributed by atoms with E-state index in [2.05, 4.69) is 0 Å². The molecule has 5 rings (SSSR count). The van der Waals surface area contributed by atoms with Gasteiger partial charge in [0.1, 0.15) is 18.2 Å². The molecule has 0 N–H and O–H groups in total. The fourth-order valence-electron chi connectivity index (χ4n) is 4.76. The van der Waals surface area contributed by atoms with Gasteiger partial charge in [-0.25, -0.2) is 4.39 Å². The lowest BCUT2D eigenvalue weighted by molar-refractivity contribution is -0.137. The highest BCUT2D eigenvalue weighted by atomic mass is 19.4. The first-order chi connectivity index (χ1) is 18.2. The van der Waals surface area contributed by atoms with Crippen LogP contribution in [0.25, 0.3) is 0 Å². The molecule has 4 aromatic rings. The van der Waals surface area contributed by atoms with E-state index in [1.807, 2.05) is 62.4 Å². The molecule has 0 fully saturated rings. The minimum absolute atomic E-state index is 0.277. The second-order valence-corrected chi connectivity index (χ2v) is 9.50. The van der Waals surface area contributed by atoms with Gasteiger partial charge in [0.2, 0.25) is 0 Å². The van der Waals surface area contributed by atoms with Crippen molar-refractivity contribution >= 4 is 11.4 Å². The minimum Gasteiger partial charge on any atom is -0.488 e. The van der Waals surface area contributed by atoms with Crippen molar-refractivity contribution in [1.29, 1.82) is 0 Å². The SMILES string of the molecule is Cc1cc(C)cc(N2N=C(c3cc(F)ccc3OCc3ccccc3)C[C@@H]2c2cccc(C(F)(F)F)c2)c1. The molecule has 0 bridgehead atoms. The summed E-state index contributed by atoms with van der Waals surface area (Å²) in [6, 6.07) is 24.5. The highest BCUT2D eigenvalue weighted by Gasteiger charge is 2.35. The first-order valence-electron chi connectivity index (χ1n) is 12.3. The van der Waals surface area contributed by atoms with Gasteiger partial charge in [-0.3, -0.25) is 5.01 Å². The number of halogens is 4. The molecule has 0 saturated carbocycles. The fraction of sp³-hybridized carbons (Fsp3) is 0.194. The summed E-state index contributed by atoms with van der Waals surface area (Å²) in [5.41, 5.74) is 4.48. The second-order valence-electron chi connectivity index (χ2n) is 9.50. The molecule has 1 aliphatic heterocycles. The maximum Gasteiger partial charge on any atom is 0.416 e. The van der Waals surface area contributed by atoms with Gasteiger partial charge in [0.05, 0.1) is 23.0 Å². The second kappa shape index (κ2) is 10.3. The number of rotatable bonds is 6. The number of hydrazone groups is 1. The minimum atomic E-state index is -4.47. The van der Waals surface area contributed by atoms with Crippen LogP contribution < -0.4 is 9.75 Å². The number of benzene rings is 4. The zero-order valence-corrected chi connectivity index (χ0v) is 21.0. The van der Waals surface area contributed by atoms with Gasteiger partial charge in [0, 0.05) is 12.0 Å². The Hall–Kier alpha value is -4.13. The van der Waals surface area contributed by atoms with E-state index in [-0.39, 0.29) is 13.0 Å². The Kier molecular flexibility index (Phi) is 6.93. The lowest BCUT2D eigenvalue weighted by atomic mass is 9.96. The molecule has 0 aliphatic carbocycles. The molecule has 0 aromatic heterocycles. The number of anilines is 1. The van der Waals surface area contributed by atoms with E-state index in [0.717, 1.165) is 34.5 Å². The van der Waals surface area contributed by atoms with E-state index < -0.39 is 23.6 Å². The predicted molar refractivity (Wildman–Crippen MR) is 141 cm³/mol. The van der Waals surface area contributed by atoms with Gasteiger partial charge in [0.15, 0.2) is 0 Å². The van der Waals surface area contributed by atoms with Gasteiger partial charge in [-0.05, 0) is 78.6 Å². The molecule has 1 atom stereocenters. The third kappa shape index (κ3) is 5.57. The number of ether oxygens (including phenoxy) is 1. The summed E-state index contributed by atoms with van der Waals surface area (Å²) in [4.78, 5) is 0. The number of aryl methyl sites for hydroxylation is 2. The fourth-order valence-corrected chi connectivity index (χ4v) is 4.76. The summed E-state index contributed by atoms with van der Waals surface area (Å²) in [5, 5.41) is 6.57. The standard InChI is InChI=1S/C31H26F4N2O/c1-20-13-21(2)15-26(14-20)37-29(23-9-6-10-24(16-23)31(33,34)35)18-28(36-37)27-17-25(32)11-12-30(27)38-19-22-7-4-3-5-8-22/h3-17,29H,18-19H2,1-2H3/t29-/m1/s1. The smallest absolute Gasteiger partial charge is 0.416 e. The molecule has 0 unspecified atom stereocenters. The Labute approximate surface area is 219 Å². The van der Waals surface area contributed by atoms with Crippen LogP contribution in [0.5, 0.6) is 5.75 Å². The third-order valence-corrected chi connectivity index (χ3v) is 6.47. The van der Waals surface area contributed by atoms with Gasteiger partial charge in [-0.15, -0.1) is 0 Å². The van der Waals surface area contributed by atoms with Crippen molar-refractivity contribution in [2.24, 2.45) is 5.10 Å². The van der Waals surface area contributed by atoms with Gasteiger partial charge >= 0.3 is 6.18 Å². The molecule has 38 heavy (non-hydrogen) atoms. The zero-order chi connectivity index (χ0) is 26.9. The first-order valence-corrected chi connectivity index (χ1v) is 12.3. The van der Waals surface area contributed by atoms with Crippen molar-refractivity contribution in [2.75, 3.05) is 5.01 Å². The largest absolute Gasteiger partial charge is 0.488 e. The summed E-state index contributed by atoms with van der Waals surface area (Å²) in [7, 11) is 0. The Balaban J connectivity index is 1.56. The van der Waals surface area contributed by atoms with Crippen molar-refractivity contribution in [2.45, 2.75) is 39.1 Å². The van der Waals surface area contributed by atoms with Crippen molar-refractivity contribution in [3.63, 3.8) is 0 Å². The number of hydrogen-bond donors (Lipinski definition) is 0. The van der Waals surface area contributed by atoms with Crippen LogP contribution in [0.3, 0.4) is 0 Å². The van der Waals surface area contributed by atoms with Gasteiger partial charge in [0.25, 0.3) is 0 Å². The molecule has 4 aromatic carbocycles. The van der Waals surface area contributed by atoms with Crippen LogP contribution in [0.1, 0.15) is 45.8 Å². The lowest BCUT2D eigenvalue weighted by Crippen LogP contribution is -2.19. The normalized spacial score (nSPS) is 15.5. The van der Waals surface area contributed by atoms with E-state index in [4.69, 9.17) is 9.84 Å². The number of hydrogen-bond acceptors (Lipinski definition) is 3. The molecule has 1 heterocycles. The Bertz CT molecular complexity index is 1460. The molecule has 194 valence electrons. The molecule has 0 spiro atoms. The monoisotopic (exact) mass is 518 g/mol. The molecule has 3 nitrogen and oxygen atoms in total.